The van der Waals surface area contributed by atoms with Crippen LogP contribution in [-0.4, -0.2) is 14.5 Å². The monoisotopic (exact) mass is 393 g/mol. The predicted molar refractivity (Wildman–Crippen MR) is 123 cm³/mol. The van der Waals surface area contributed by atoms with Crippen molar-refractivity contribution in [2.75, 3.05) is 0 Å². The lowest BCUT2D eigenvalue weighted by molar-refractivity contribution is 0.640. The van der Waals surface area contributed by atoms with Gasteiger partial charge in [-0.25, -0.2) is 4.98 Å². The standard InChI is InChI=1S/C27H27N3/c1-16-11-7-8-12-20(16)26-29-25-24(21-13-9-10-14-22(21)27(25,5)6)30(26)23-17(2)15-18(3)28-19(23)4/h7-15H,1-6H3. The average Bonchev–Trinajstić information content (AvgIpc) is 3.17. The van der Waals surface area contributed by atoms with E-state index in [1.165, 1.54) is 33.5 Å². The molecule has 2 aromatic heterocycles. The summed E-state index contributed by atoms with van der Waals surface area (Å²) in [4.78, 5) is 10.1. The Hall–Kier alpha value is -3.20. The Bertz CT molecular complexity index is 1280. The Labute approximate surface area is 178 Å². The highest BCUT2D eigenvalue weighted by Crippen LogP contribution is 2.51. The van der Waals surface area contributed by atoms with Crippen molar-refractivity contribution in [2.45, 2.75) is 47.0 Å². The number of nitrogens with zero attached hydrogens (tertiary/aromatic N) is 3. The highest BCUT2D eigenvalue weighted by Gasteiger charge is 2.41. The van der Waals surface area contributed by atoms with Crippen LogP contribution in [0, 0.1) is 27.7 Å². The van der Waals surface area contributed by atoms with E-state index < -0.39 is 0 Å². The van der Waals surface area contributed by atoms with Crippen LogP contribution in [0.25, 0.3) is 28.3 Å². The molecule has 0 atom stereocenters. The van der Waals surface area contributed by atoms with Crippen molar-refractivity contribution in [1.82, 2.24) is 14.5 Å². The first-order valence-corrected chi connectivity index (χ1v) is 10.5. The Morgan fingerprint density at radius 2 is 1.43 bits per heavy atom. The van der Waals surface area contributed by atoms with Crippen LogP contribution in [0.5, 0.6) is 0 Å². The third kappa shape index (κ3) is 2.51. The molecule has 5 rings (SSSR count). The van der Waals surface area contributed by atoms with Gasteiger partial charge < -0.3 is 0 Å². The summed E-state index contributed by atoms with van der Waals surface area (Å²) in [6.45, 7) is 13.1. The molecule has 0 fully saturated rings. The zero-order valence-electron chi connectivity index (χ0n) is 18.5. The van der Waals surface area contributed by atoms with E-state index in [1.807, 2.05) is 0 Å². The smallest absolute Gasteiger partial charge is 0.145 e. The van der Waals surface area contributed by atoms with E-state index in [0.29, 0.717) is 0 Å². The molecular formula is C27H27N3. The predicted octanol–water partition coefficient (Wildman–Crippen LogP) is 6.47. The SMILES string of the molecule is Cc1cc(C)c(-n2c(-c3ccccc3C)nc3c2-c2ccccc2C3(C)C)c(C)n1. The highest BCUT2D eigenvalue weighted by atomic mass is 15.1. The maximum Gasteiger partial charge on any atom is 0.145 e. The van der Waals surface area contributed by atoms with Crippen molar-refractivity contribution in [2.24, 2.45) is 0 Å². The molecule has 150 valence electrons. The van der Waals surface area contributed by atoms with E-state index in [2.05, 4.69) is 101 Å². The van der Waals surface area contributed by atoms with Gasteiger partial charge in [0.1, 0.15) is 5.82 Å². The lowest BCUT2D eigenvalue weighted by atomic mass is 9.85. The molecule has 1 aliphatic carbocycles. The van der Waals surface area contributed by atoms with Crippen LogP contribution in [-0.2, 0) is 5.41 Å². The Kier molecular flexibility index (Phi) is 4.01. The van der Waals surface area contributed by atoms with Crippen molar-refractivity contribution in [3.8, 4) is 28.3 Å². The Morgan fingerprint density at radius 1 is 0.767 bits per heavy atom. The second-order valence-electron chi connectivity index (χ2n) is 8.97. The van der Waals surface area contributed by atoms with Crippen LogP contribution >= 0.6 is 0 Å². The molecule has 0 saturated carbocycles. The molecule has 0 spiro atoms. The molecule has 30 heavy (non-hydrogen) atoms. The maximum absolute atomic E-state index is 5.31. The number of imidazole rings is 1. The molecule has 3 heteroatoms. The second-order valence-corrected chi connectivity index (χ2v) is 8.97. The van der Waals surface area contributed by atoms with Crippen LogP contribution in [0.3, 0.4) is 0 Å². The van der Waals surface area contributed by atoms with E-state index in [0.717, 1.165) is 28.6 Å². The average molecular weight is 394 g/mol. The number of pyridine rings is 1. The zero-order valence-corrected chi connectivity index (χ0v) is 18.5. The summed E-state index contributed by atoms with van der Waals surface area (Å²) in [5.41, 5.74) is 11.6. The first-order chi connectivity index (χ1) is 14.3. The lowest BCUT2D eigenvalue weighted by Crippen LogP contribution is -2.15. The number of benzene rings is 2. The topological polar surface area (TPSA) is 30.7 Å². The van der Waals surface area contributed by atoms with Crippen molar-refractivity contribution in [1.29, 1.82) is 0 Å². The number of hydrogen-bond donors (Lipinski definition) is 0. The van der Waals surface area contributed by atoms with Gasteiger partial charge in [-0.1, -0.05) is 62.4 Å². The summed E-state index contributed by atoms with van der Waals surface area (Å²) >= 11 is 0. The van der Waals surface area contributed by atoms with Crippen LogP contribution in [0.1, 0.15) is 47.6 Å². The normalized spacial score (nSPS) is 13.9. The van der Waals surface area contributed by atoms with Gasteiger partial charge >= 0.3 is 0 Å². The third-order valence-electron chi connectivity index (χ3n) is 6.42. The molecule has 0 N–H and O–H groups in total. The molecule has 0 amide bonds. The van der Waals surface area contributed by atoms with Gasteiger partial charge in [-0.3, -0.25) is 9.55 Å². The van der Waals surface area contributed by atoms with E-state index in [-0.39, 0.29) is 5.41 Å². The van der Waals surface area contributed by atoms with E-state index >= 15 is 0 Å². The van der Waals surface area contributed by atoms with Crippen molar-refractivity contribution >= 4 is 0 Å². The van der Waals surface area contributed by atoms with Gasteiger partial charge in [0.15, 0.2) is 0 Å². The fourth-order valence-electron chi connectivity index (χ4n) is 5.04. The Balaban J connectivity index is 1.95. The molecule has 2 heterocycles. The highest BCUT2D eigenvalue weighted by molar-refractivity contribution is 5.82. The van der Waals surface area contributed by atoms with Gasteiger partial charge in [0.25, 0.3) is 0 Å². The summed E-state index contributed by atoms with van der Waals surface area (Å²) in [6, 6.07) is 19.4. The molecule has 4 aromatic rings. The fourth-order valence-corrected chi connectivity index (χ4v) is 5.04. The van der Waals surface area contributed by atoms with Crippen LogP contribution < -0.4 is 0 Å². The van der Waals surface area contributed by atoms with E-state index in [4.69, 9.17) is 9.97 Å². The minimum atomic E-state index is -0.144. The molecule has 1 aliphatic rings. The molecule has 0 bridgehead atoms. The first-order valence-electron chi connectivity index (χ1n) is 10.5. The quantitative estimate of drug-likeness (QED) is 0.390. The number of rotatable bonds is 2. The molecule has 3 nitrogen and oxygen atoms in total. The number of aromatic nitrogens is 3. The summed E-state index contributed by atoms with van der Waals surface area (Å²) in [5.74, 6) is 0.998. The van der Waals surface area contributed by atoms with Gasteiger partial charge in [-0.05, 0) is 50.5 Å². The minimum Gasteiger partial charge on any atom is -0.290 e. The van der Waals surface area contributed by atoms with Gasteiger partial charge in [0.05, 0.1) is 22.8 Å². The molecule has 0 saturated heterocycles. The number of aryl methyl sites for hydroxylation is 4. The van der Waals surface area contributed by atoms with Gasteiger partial charge in [0, 0.05) is 22.2 Å². The van der Waals surface area contributed by atoms with Crippen molar-refractivity contribution in [3.63, 3.8) is 0 Å². The summed E-state index contributed by atoms with van der Waals surface area (Å²) in [5, 5.41) is 0. The van der Waals surface area contributed by atoms with Gasteiger partial charge in [-0.15, -0.1) is 0 Å². The molecule has 0 unspecified atom stereocenters. The maximum atomic E-state index is 5.31. The number of fused-ring (bicyclic) bond motifs is 3. The summed E-state index contributed by atoms with van der Waals surface area (Å²) < 4.78 is 2.36. The van der Waals surface area contributed by atoms with Crippen LogP contribution in [0.2, 0.25) is 0 Å². The molecule has 0 radical (unpaired) electrons. The van der Waals surface area contributed by atoms with Gasteiger partial charge in [0.2, 0.25) is 0 Å². The fraction of sp³-hybridized carbons (Fsp3) is 0.259. The summed E-state index contributed by atoms with van der Waals surface area (Å²) in [6.07, 6.45) is 0. The van der Waals surface area contributed by atoms with Gasteiger partial charge in [-0.2, -0.15) is 0 Å². The third-order valence-corrected chi connectivity index (χ3v) is 6.42. The molecular weight excluding hydrogens is 366 g/mol. The second kappa shape index (κ2) is 6.40. The van der Waals surface area contributed by atoms with E-state index in [9.17, 15) is 0 Å². The number of hydrogen-bond acceptors (Lipinski definition) is 2. The van der Waals surface area contributed by atoms with Crippen LogP contribution in [0.4, 0.5) is 0 Å². The summed E-state index contributed by atoms with van der Waals surface area (Å²) in [7, 11) is 0. The lowest BCUT2D eigenvalue weighted by Gasteiger charge is -2.20. The van der Waals surface area contributed by atoms with Crippen LogP contribution in [0.15, 0.2) is 54.6 Å². The first kappa shape index (κ1) is 18.8. The van der Waals surface area contributed by atoms with E-state index in [1.54, 1.807) is 0 Å². The van der Waals surface area contributed by atoms with Crippen molar-refractivity contribution in [3.05, 3.63) is 88.4 Å². The Morgan fingerprint density at radius 3 is 2.13 bits per heavy atom. The minimum absolute atomic E-state index is 0.144. The molecule has 2 aromatic carbocycles. The largest absolute Gasteiger partial charge is 0.290 e. The van der Waals surface area contributed by atoms with Crippen molar-refractivity contribution < 1.29 is 0 Å². The zero-order chi connectivity index (χ0) is 21.2. The molecule has 0 aliphatic heterocycles.